The number of nitrogens with zero attached hydrogens (tertiary/aromatic N) is 3. The fraction of sp³-hybridized carbons (Fsp3) is 0.310. The number of amides is 2. The van der Waals surface area contributed by atoms with Crippen molar-refractivity contribution in [1.82, 2.24) is 10.2 Å². The molecule has 0 aliphatic heterocycles. The molecule has 0 saturated carbocycles. The summed E-state index contributed by atoms with van der Waals surface area (Å²) < 4.78 is 34.6. The second-order valence-corrected chi connectivity index (χ2v) is 12.8. The molecule has 3 rings (SSSR count). The summed E-state index contributed by atoms with van der Waals surface area (Å²) in [5.41, 5.74) is 0.204. The predicted molar refractivity (Wildman–Crippen MR) is 170 cm³/mol. The molecule has 0 unspecified atom stereocenters. The van der Waals surface area contributed by atoms with Gasteiger partial charge in [-0.2, -0.15) is 0 Å². The molecule has 1 atom stereocenters. The third kappa shape index (κ3) is 7.92. The summed E-state index contributed by atoms with van der Waals surface area (Å²) in [6, 6.07) is 11.3. The van der Waals surface area contributed by atoms with E-state index in [2.05, 4.69) is 5.32 Å². The molecular formula is C29H31Cl3N4O7S. The van der Waals surface area contributed by atoms with E-state index in [4.69, 9.17) is 39.5 Å². The van der Waals surface area contributed by atoms with E-state index >= 15 is 0 Å². The zero-order valence-corrected chi connectivity index (χ0v) is 27.4. The van der Waals surface area contributed by atoms with Crippen LogP contribution in [-0.2, 0) is 26.2 Å². The van der Waals surface area contributed by atoms with Gasteiger partial charge in [-0.1, -0.05) is 53.9 Å². The number of nitro groups is 1. The monoisotopic (exact) mass is 684 g/mol. The number of nitrogens with one attached hydrogen (secondary N) is 1. The quantitative estimate of drug-likeness (QED) is 0.172. The zero-order chi connectivity index (χ0) is 32.8. The lowest BCUT2D eigenvalue weighted by Crippen LogP contribution is -2.52. The molecule has 0 heterocycles. The van der Waals surface area contributed by atoms with Crippen LogP contribution in [0.4, 0.5) is 11.4 Å². The van der Waals surface area contributed by atoms with Gasteiger partial charge in [-0.05, 0) is 62.2 Å². The number of halogens is 3. The maximum atomic E-state index is 14.2. The number of likely N-dealkylation sites (N-methyl/N-ethyl adjacent to an activating group) is 1. The van der Waals surface area contributed by atoms with E-state index in [-0.39, 0.29) is 40.0 Å². The molecule has 1 N–H and O–H groups in total. The highest BCUT2D eigenvalue weighted by Crippen LogP contribution is 2.36. The van der Waals surface area contributed by atoms with Gasteiger partial charge >= 0.3 is 0 Å². The molecule has 0 aliphatic rings. The van der Waals surface area contributed by atoms with Crippen LogP contribution < -0.4 is 14.4 Å². The fourth-order valence-corrected chi connectivity index (χ4v) is 6.56. The van der Waals surface area contributed by atoms with Crippen LogP contribution in [-0.4, -0.2) is 56.3 Å². The summed E-state index contributed by atoms with van der Waals surface area (Å²) in [5, 5.41) is 15.1. The standard InChI is InChI=1S/C29H31Cl3N4O7S/c1-5-24(29(38)33-6-2)34(16-19-8-9-20(30)13-23(19)32)28(37)17-35(26-14-21(31)10-12-27(26)43-4)44(41,42)22-11-7-18(3)25(15-22)36(39)40/h7-15,24H,5-6,16-17H2,1-4H3,(H,33,38)/t24-/m0/s1. The molecule has 0 spiro atoms. The number of ether oxygens (including phenoxy) is 1. The number of carbonyl (C=O) groups is 2. The molecule has 44 heavy (non-hydrogen) atoms. The van der Waals surface area contributed by atoms with Crippen LogP contribution >= 0.6 is 34.8 Å². The molecule has 11 nitrogen and oxygen atoms in total. The predicted octanol–water partition coefficient (Wildman–Crippen LogP) is 6.01. The normalized spacial score (nSPS) is 11.9. The van der Waals surface area contributed by atoms with E-state index in [0.717, 1.165) is 10.4 Å². The highest BCUT2D eigenvalue weighted by Gasteiger charge is 2.35. The smallest absolute Gasteiger partial charge is 0.273 e. The Morgan fingerprint density at radius 2 is 1.68 bits per heavy atom. The molecule has 2 amide bonds. The first-order valence-electron chi connectivity index (χ1n) is 13.4. The molecule has 0 saturated heterocycles. The molecule has 0 bridgehead atoms. The molecule has 0 aromatic heterocycles. The number of nitro benzene ring substituents is 1. The van der Waals surface area contributed by atoms with Crippen molar-refractivity contribution in [1.29, 1.82) is 0 Å². The highest BCUT2D eigenvalue weighted by atomic mass is 35.5. The second kappa shape index (κ2) is 14.9. The zero-order valence-electron chi connectivity index (χ0n) is 24.3. The topological polar surface area (TPSA) is 139 Å². The molecule has 15 heteroatoms. The summed E-state index contributed by atoms with van der Waals surface area (Å²) in [7, 11) is -3.34. The first kappa shape index (κ1) is 34.9. The summed E-state index contributed by atoms with van der Waals surface area (Å²) in [6.45, 7) is 4.24. The number of hydrogen-bond donors (Lipinski definition) is 1. The van der Waals surface area contributed by atoms with E-state index in [1.165, 1.54) is 55.3 Å². The molecular weight excluding hydrogens is 655 g/mol. The Morgan fingerprint density at radius 1 is 1.02 bits per heavy atom. The van der Waals surface area contributed by atoms with Crippen molar-refractivity contribution in [3.8, 4) is 5.75 Å². The van der Waals surface area contributed by atoms with Crippen LogP contribution in [0.3, 0.4) is 0 Å². The molecule has 0 fully saturated rings. The van der Waals surface area contributed by atoms with Crippen LogP contribution in [0.5, 0.6) is 5.75 Å². The number of benzene rings is 3. The van der Waals surface area contributed by atoms with Crippen molar-refractivity contribution >= 4 is 68.0 Å². The maximum Gasteiger partial charge on any atom is 0.273 e. The number of sulfonamides is 1. The van der Waals surface area contributed by atoms with Crippen molar-refractivity contribution in [2.24, 2.45) is 0 Å². The number of rotatable bonds is 13. The summed E-state index contributed by atoms with van der Waals surface area (Å²) in [4.78, 5) is 39.1. The van der Waals surface area contributed by atoms with E-state index in [1.54, 1.807) is 26.0 Å². The SMILES string of the molecule is CCNC(=O)[C@H](CC)N(Cc1ccc(Cl)cc1Cl)C(=O)CN(c1cc(Cl)ccc1OC)S(=O)(=O)c1ccc(C)c([N+](=O)[O-])c1. The van der Waals surface area contributed by atoms with Crippen LogP contribution in [0.2, 0.25) is 15.1 Å². The van der Waals surface area contributed by atoms with Crippen molar-refractivity contribution < 1.29 is 27.7 Å². The lowest BCUT2D eigenvalue weighted by atomic mass is 10.1. The number of anilines is 1. The minimum atomic E-state index is -4.66. The minimum Gasteiger partial charge on any atom is -0.495 e. The van der Waals surface area contributed by atoms with Gasteiger partial charge in [-0.3, -0.25) is 24.0 Å². The maximum absolute atomic E-state index is 14.2. The van der Waals surface area contributed by atoms with Gasteiger partial charge in [0, 0.05) is 39.8 Å². The second-order valence-electron chi connectivity index (χ2n) is 9.61. The van der Waals surface area contributed by atoms with E-state index in [9.17, 15) is 28.1 Å². The van der Waals surface area contributed by atoms with Crippen molar-refractivity contribution in [2.45, 2.75) is 44.7 Å². The Morgan fingerprint density at radius 3 is 2.27 bits per heavy atom. The largest absolute Gasteiger partial charge is 0.495 e. The molecule has 3 aromatic rings. The number of methoxy groups -OCH3 is 1. The first-order chi connectivity index (χ1) is 20.7. The molecule has 3 aromatic carbocycles. The van der Waals surface area contributed by atoms with Gasteiger partial charge in [-0.15, -0.1) is 0 Å². The van der Waals surface area contributed by atoms with Gasteiger partial charge in [0.15, 0.2) is 0 Å². The Bertz CT molecular complexity index is 1670. The molecule has 236 valence electrons. The van der Waals surface area contributed by atoms with Gasteiger partial charge < -0.3 is 15.0 Å². The van der Waals surface area contributed by atoms with Gasteiger partial charge in [-0.25, -0.2) is 8.42 Å². The Hall–Kier alpha value is -3.58. The van der Waals surface area contributed by atoms with Crippen molar-refractivity contribution in [3.05, 3.63) is 90.9 Å². The molecule has 0 radical (unpaired) electrons. The van der Waals surface area contributed by atoms with Gasteiger partial charge in [0.2, 0.25) is 11.8 Å². The third-order valence-corrected chi connectivity index (χ3v) is 9.32. The number of carbonyl (C=O) groups excluding carboxylic acids is 2. The van der Waals surface area contributed by atoms with Crippen molar-refractivity contribution in [3.63, 3.8) is 0 Å². The fourth-order valence-electron chi connectivity index (χ4n) is 4.49. The van der Waals surface area contributed by atoms with Gasteiger partial charge in [0.25, 0.3) is 15.7 Å². The lowest BCUT2D eigenvalue weighted by molar-refractivity contribution is -0.385. The minimum absolute atomic E-state index is 0.0652. The Balaban J connectivity index is 2.21. The Kier molecular flexibility index (Phi) is 11.8. The van der Waals surface area contributed by atoms with Crippen molar-refractivity contribution in [2.75, 3.05) is 24.5 Å². The van der Waals surface area contributed by atoms with Gasteiger partial charge in [0.1, 0.15) is 18.3 Å². The lowest BCUT2D eigenvalue weighted by Gasteiger charge is -2.33. The summed E-state index contributed by atoms with van der Waals surface area (Å²) in [5.74, 6) is -1.14. The van der Waals surface area contributed by atoms with Crippen LogP contribution in [0.15, 0.2) is 59.5 Å². The Labute approximate surface area is 270 Å². The van der Waals surface area contributed by atoms with Gasteiger partial charge in [0.05, 0.1) is 22.6 Å². The number of aryl methyl sites for hydroxylation is 1. The van der Waals surface area contributed by atoms with E-state index < -0.39 is 49.9 Å². The first-order valence-corrected chi connectivity index (χ1v) is 15.9. The summed E-state index contributed by atoms with van der Waals surface area (Å²) >= 11 is 18.7. The molecule has 0 aliphatic carbocycles. The van der Waals surface area contributed by atoms with E-state index in [0.29, 0.717) is 17.1 Å². The average Bonchev–Trinajstić information content (AvgIpc) is 2.96. The number of hydrogen-bond acceptors (Lipinski definition) is 7. The van der Waals surface area contributed by atoms with E-state index in [1.807, 2.05) is 0 Å². The summed E-state index contributed by atoms with van der Waals surface area (Å²) in [6.07, 6.45) is 0.195. The van der Waals surface area contributed by atoms with Crippen LogP contribution in [0, 0.1) is 17.0 Å². The average molecular weight is 686 g/mol. The van der Waals surface area contributed by atoms with Crippen LogP contribution in [0.25, 0.3) is 0 Å². The third-order valence-electron chi connectivity index (χ3n) is 6.75. The highest BCUT2D eigenvalue weighted by molar-refractivity contribution is 7.92. The van der Waals surface area contributed by atoms with Crippen LogP contribution in [0.1, 0.15) is 31.4 Å².